The average Bonchev–Trinajstić information content (AvgIpc) is 2.54. The standard InChI is InChI=1S/C16H20F3N3O2/c1-2-15(24)22-9-7-21(8-10-22)11-14(23)20-13-6-4-3-5-12(13)16(17,18)19/h3-6H,2,7-11H2,1H3,(H,20,23)/p+1. The van der Waals surface area contributed by atoms with Gasteiger partial charge < -0.3 is 15.1 Å². The smallest absolute Gasteiger partial charge is 0.331 e. The highest BCUT2D eigenvalue weighted by Crippen LogP contribution is 2.34. The molecule has 2 amide bonds. The lowest BCUT2D eigenvalue weighted by atomic mass is 10.1. The normalized spacial score (nSPS) is 16.1. The van der Waals surface area contributed by atoms with Crippen molar-refractivity contribution in [2.24, 2.45) is 0 Å². The third kappa shape index (κ3) is 4.70. The number of benzene rings is 1. The summed E-state index contributed by atoms with van der Waals surface area (Å²) >= 11 is 0. The van der Waals surface area contributed by atoms with Crippen molar-refractivity contribution in [1.82, 2.24) is 4.90 Å². The molecule has 1 aromatic carbocycles. The van der Waals surface area contributed by atoms with Crippen molar-refractivity contribution >= 4 is 17.5 Å². The Morgan fingerprint density at radius 1 is 1.21 bits per heavy atom. The molecule has 1 aromatic rings. The van der Waals surface area contributed by atoms with Crippen molar-refractivity contribution in [3.63, 3.8) is 0 Å². The second kappa shape index (κ2) is 7.65. The molecule has 0 spiro atoms. The Hall–Kier alpha value is -2.09. The van der Waals surface area contributed by atoms with E-state index in [0.717, 1.165) is 11.0 Å². The number of quaternary nitrogens is 1. The Balaban J connectivity index is 1.90. The van der Waals surface area contributed by atoms with Gasteiger partial charge in [-0.3, -0.25) is 9.59 Å². The second-order valence-electron chi connectivity index (χ2n) is 5.75. The van der Waals surface area contributed by atoms with Crippen LogP contribution in [0.4, 0.5) is 18.9 Å². The van der Waals surface area contributed by atoms with Crippen LogP contribution in [0.3, 0.4) is 0 Å². The molecule has 8 heteroatoms. The lowest BCUT2D eigenvalue weighted by Crippen LogP contribution is -3.15. The molecular formula is C16H21F3N3O2+. The molecule has 1 saturated heterocycles. The Morgan fingerprint density at radius 2 is 1.83 bits per heavy atom. The number of amides is 2. The van der Waals surface area contributed by atoms with E-state index in [1.54, 1.807) is 11.8 Å². The highest BCUT2D eigenvalue weighted by Gasteiger charge is 2.34. The summed E-state index contributed by atoms with van der Waals surface area (Å²) in [5, 5.41) is 2.35. The van der Waals surface area contributed by atoms with Gasteiger partial charge in [-0.1, -0.05) is 19.1 Å². The van der Waals surface area contributed by atoms with Crippen molar-refractivity contribution in [2.75, 3.05) is 38.0 Å². The Bertz CT molecular complexity index is 596. The highest BCUT2D eigenvalue weighted by molar-refractivity contribution is 5.92. The molecule has 0 bridgehead atoms. The summed E-state index contributed by atoms with van der Waals surface area (Å²) in [7, 11) is 0. The number of nitrogens with one attached hydrogen (secondary N) is 2. The predicted molar refractivity (Wildman–Crippen MR) is 82.5 cm³/mol. The van der Waals surface area contributed by atoms with Crippen LogP contribution in [0.15, 0.2) is 24.3 Å². The topological polar surface area (TPSA) is 53.9 Å². The molecule has 0 aromatic heterocycles. The molecule has 1 aliphatic heterocycles. The number of hydrogen-bond donors (Lipinski definition) is 2. The van der Waals surface area contributed by atoms with Crippen LogP contribution >= 0.6 is 0 Å². The molecule has 1 fully saturated rings. The van der Waals surface area contributed by atoms with Crippen LogP contribution in [-0.4, -0.2) is 49.4 Å². The Morgan fingerprint density at radius 3 is 2.42 bits per heavy atom. The van der Waals surface area contributed by atoms with E-state index >= 15 is 0 Å². The fourth-order valence-corrected chi connectivity index (χ4v) is 2.73. The molecule has 2 N–H and O–H groups in total. The van der Waals surface area contributed by atoms with Gasteiger partial charge in [0, 0.05) is 6.42 Å². The number of nitrogens with zero attached hydrogens (tertiary/aromatic N) is 1. The van der Waals surface area contributed by atoms with Gasteiger partial charge in [0.1, 0.15) is 0 Å². The van der Waals surface area contributed by atoms with Gasteiger partial charge >= 0.3 is 6.18 Å². The maximum absolute atomic E-state index is 12.9. The SMILES string of the molecule is CCC(=O)N1CC[NH+](CC(=O)Nc2ccccc2C(F)(F)F)CC1. The fourth-order valence-electron chi connectivity index (χ4n) is 2.73. The largest absolute Gasteiger partial charge is 0.418 e. The van der Waals surface area contributed by atoms with Gasteiger partial charge in [-0.05, 0) is 12.1 Å². The molecule has 1 heterocycles. The van der Waals surface area contributed by atoms with Gasteiger partial charge in [-0.25, -0.2) is 0 Å². The maximum Gasteiger partial charge on any atom is 0.418 e. The van der Waals surface area contributed by atoms with Crippen molar-refractivity contribution < 1.29 is 27.7 Å². The summed E-state index contributed by atoms with van der Waals surface area (Å²) in [6.07, 6.45) is -4.06. The molecular weight excluding hydrogens is 323 g/mol. The number of para-hydroxylation sites is 1. The zero-order valence-corrected chi connectivity index (χ0v) is 13.4. The lowest BCUT2D eigenvalue weighted by Gasteiger charge is -2.31. The highest BCUT2D eigenvalue weighted by atomic mass is 19.4. The van der Waals surface area contributed by atoms with Gasteiger partial charge in [0.15, 0.2) is 6.54 Å². The minimum absolute atomic E-state index is 0.0811. The first-order valence-corrected chi connectivity index (χ1v) is 7.88. The van der Waals surface area contributed by atoms with Crippen molar-refractivity contribution in [3.05, 3.63) is 29.8 Å². The number of piperazine rings is 1. The summed E-state index contributed by atoms with van der Waals surface area (Å²) in [5.41, 5.74) is -1.08. The van der Waals surface area contributed by atoms with Crippen molar-refractivity contribution in [2.45, 2.75) is 19.5 Å². The minimum atomic E-state index is -4.51. The van der Waals surface area contributed by atoms with Crippen LogP contribution in [0.25, 0.3) is 0 Å². The van der Waals surface area contributed by atoms with E-state index < -0.39 is 17.6 Å². The number of halogens is 3. The van der Waals surface area contributed by atoms with Crippen LogP contribution in [0, 0.1) is 0 Å². The van der Waals surface area contributed by atoms with E-state index in [1.165, 1.54) is 18.2 Å². The first kappa shape index (κ1) is 18.3. The van der Waals surface area contributed by atoms with E-state index in [4.69, 9.17) is 0 Å². The lowest BCUT2D eigenvalue weighted by molar-refractivity contribution is -0.895. The van der Waals surface area contributed by atoms with Crippen LogP contribution in [0.1, 0.15) is 18.9 Å². The van der Waals surface area contributed by atoms with E-state index in [2.05, 4.69) is 5.32 Å². The van der Waals surface area contributed by atoms with Gasteiger partial charge in [-0.2, -0.15) is 13.2 Å². The summed E-state index contributed by atoms with van der Waals surface area (Å²) in [5.74, 6) is -0.380. The van der Waals surface area contributed by atoms with Crippen LogP contribution in [0.5, 0.6) is 0 Å². The first-order valence-electron chi connectivity index (χ1n) is 7.88. The molecule has 1 aliphatic rings. The molecule has 0 radical (unpaired) electrons. The number of hydrogen-bond acceptors (Lipinski definition) is 2. The molecule has 24 heavy (non-hydrogen) atoms. The number of rotatable bonds is 4. The quantitative estimate of drug-likeness (QED) is 0.848. The monoisotopic (exact) mass is 344 g/mol. The number of carbonyl (C=O) groups excluding carboxylic acids is 2. The Kier molecular flexibility index (Phi) is 5.82. The predicted octanol–water partition coefficient (Wildman–Crippen LogP) is 0.781. The van der Waals surface area contributed by atoms with Gasteiger partial charge in [0.25, 0.3) is 5.91 Å². The summed E-state index contributed by atoms with van der Waals surface area (Å²) in [4.78, 5) is 26.4. The van der Waals surface area contributed by atoms with Gasteiger partial charge in [0.05, 0.1) is 37.4 Å². The van der Waals surface area contributed by atoms with Crippen LogP contribution in [0.2, 0.25) is 0 Å². The molecule has 2 rings (SSSR count). The number of carbonyl (C=O) groups is 2. The average molecular weight is 344 g/mol. The molecule has 132 valence electrons. The molecule has 0 saturated carbocycles. The minimum Gasteiger partial charge on any atom is -0.331 e. The summed E-state index contributed by atoms with van der Waals surface area (Å²) in [6, 6.07) is 4.92. The van der Waals surface area contributed by atoms with E-state index in [1.807, 2.05) is 0 Å². The fraction of sp³-hybridized carbons (Fsp3) is 0.500. The Labute approximate surface area is 138 Å². The van der Waals surface area contributed by atoms with E-state index in [-0.39, 0.29) is 18.1 Å². The third-order valence-electron chi connectivity index (χ3n) is 4.04. The molecule has 0 aliphatic carbocycles. The van der Waals surface area contributed by atoms with E-state index in [9.17, 15) is 22.8 Å². The number of alkyl halides is 3. The summed E-state index contributed by atoms with van der Waals surface area (Å²) < 4.78 is 38.7. The van der Waals surface area contributed by atoms with Gasteiger partial charge in [0.2, 0.25) is 5.91 Å². The van der Waals surface area contributed by atoms with E-state index in [0.29, 0.717) is 32.6 Å². The van der Waals surface area contributed by atoms with Crippen molar-refractivity contribution in [1.29, 1.82) is 0 Å². The van der Waals surface area contributed by atoms with Gasteiger partial charge in [-0.15, -0.1) is 0 Å². The maximum atomic E-state index is 12.9. The second-order valence-corrected chi connectivity index (χ2v) is 5.75. The molecule has 0 unspecified atom stereocenters. The first-order chi connectivity index (χ1) is 11.3. The molecule has 0 atom stereocenters. The van der Waals surface area contributed by atoms with Crippen LogP contribution in [-0.2, 0) is 15.8 Å². The number of anilines is 1. The van der Waals surface area contributed by atoms with Crippen LogP contribution < -0.4 is 10.2 Å². The zero-order chi connectivity index (χ0) is 17.7. The zero-order valence-electron chi connectivity index (χ0n) is 13.4. The molecule has 5 nitrogen and oxygen atoms in total. The third-order valence-corrected chi connectivity index (χ3v) is 4.04. The summed E-state index contributed by atoms with van der Waals surface area (Å²) in [6.45, 7) is 4.23. The van der Waals surface area contributed by atoms with Crippen molar-refractivity contribution in [3.8, 4) is 0 Å².